The molecule has 0 radical (unpaired) electrons. The molecule has 0 fully saturated rings. The number of ether oxygens (including phenoxy) is 3. The molecule has 0 aromatic heterocycles. The molecule has 0 aliphatic heterocycles. The van der Waals surface area contributed by atoms with Gasteiger partial charge >= 0.3 is 5.97 Å². The van der Waals surface area contributed by atoms with Crippen molar-refractivity contribution >= 4 is 23.6 Å². The minimum Gasteiger partial charge on any atom is -0.493 e. The Morgan fingerprint density at radius 3 is 2.58 bits per heavy atom. The molecule has 0 aliphatic carbocycles. The number of nitrogens with one attached hydrogen (secondary N) is 1. The van der Waals surface area contributed by atoms with E-state index in [1.807, 2.05) is 25.1 Å². The van der Waals surface area contributed by atoms with Crippen LogP contribution < -0.4 is 14.8 Å². The second-order valence-corrected chi connectivity index (χ2v) is 7.48. The molecule has 6 nitrogen and oxygen atoms in total. The number of hydrogen-bond donors (Lipinski definition) is 1. The number of rotatable bonds is 11. The van der Waals surface area contributed by atoms with Gasteiger partial charge in [-0.05, 0) is 60.7 Å². The molecule has 0 spiro atoms. The quantitative estimate of drug-likeness (QED) is 0.389. The van der Waals surface area contributed by atoms with Gasteiger partial charge < -0.3 is 19.5 Å². The number of hydrogen-bond acceptors (Lipinski definition) is 5. The van der Waals surface area contributed by atoms with Crippen LogP contribution in [0.4, 0.5) is 5.69 Å². The Hall–Kier alpha value is -3.28. The zero-order valence-corrected chi connectivity index (χ0v) is 18.6. The Labute approximate surface area is 184 Å². The summed E-state index contributed by atoms with van der Waals surface area (Å²) in [5, 5.41) is 2.75. The molecule has 2 rings (SSSR count). The van der Waals surface area contributed by atoms with E-state index >= 15 is 0 Å². The maximum absolute atomic E-state index is 12.3. The van der Waals surface area contributed by atoms with Crippen molar-refractivity contribution in [3.8, 4) is 11.5 Å². The first-order valence-electron chi connectivity index (χ1n) is 10.5. The molecule has 0 saturated carbocycles. The van der Waals surface area contributed by atoms with Crippen molar-refractivity contribution in [3.63, 3.8) is 0 Å². The lowest BCUT2D eigenvalue weighted by atomic mass is 10.1. The zero-order valence-electron chi connectivity index (χ0n) is 18.6. The molecule has 1 N–H and O–H groups in total. The number of amides is 1. The van der Waals surface area contributed by atoms with E-state index < -0.39 is 5.97 Å². The van der Waals surface area contributed by atoms with E-state index in [4.69, 9.17) is 14.2 Å². The highest BCUT2D eigenvalue weighted by Gasteiger charge is 2.09. The first-order chi connectivity index (χ1) is 14.9. The molecule has 0 saturated heterocycles. The third-order valence-electron chi connectivity index (χ3n) is 4.37. The van der Waals surface area contributed by atoms with Gasteiger partial charge in [0.2, 0.25) is 5.91 Å². The number of carbonyl (C=O) groups is 2. The van der Waals surface area contributed by atoms with Gasteiger partial charge in [-0.1, -0.05) is 32.9 Å². The average Bonchev–Trinajstić information content (AvgIpc) is 2.76. The first kappa shape index (κ1) is 24.0. The van der Waals surface area contributed by atoms with Crippen LogP contribution in [0.5, 0.6) is 11.5 Å². The molecule has 2 aromatic rings. The fourth-order valence-electron chi connectivity index (χ4n) is 2.67. The van der Waals surface area contributed by atoms with Crippen molar-refractivity contribution in [1.82, 2.24) is 0 Å². The molecule has 0 unspecified atom stereocenters. The standard InChI is InChI=1S/C25H31NO5/c1-5-14-31-25(28)20-7-6-8-21(17-20)26-24(27)12-10-19-9-11-22(23(16-19)29-4)30-15-13-18(2)3/h6-12,16-18H,5,13-15H2,1-4H3,(H,26,27)/b12-10+. The molecule has 31 heavy (non-hydrogen) atoms. The number of carbonyl (C=O) groups excluding carboxylic acids is 2. The summed E-state index contributed by atoms with van der Waals surface area (Å²) in [5.74, 6) is 1.14. The summed E-state index contributed by atoms with van der Waals surface area (Å²) in [6.07, 6.45) is 4.83. The molecule has 1 amide bonds. The molecule has 0 heterocycles. The minimum atomic E-state index is -0.406. The van der Waals surface area contributed by atoms with Crippen molar-refractivity contribution in [1.29, 1.82) is 0 Å². The predicted molar refractivity (Wildman–Crippen MR) is 123 cm³/mol. The van der Waals surface area contributed by atoms with Gasteiger partial charge in [0.1, 0.15) is 0 Å². The van der Waals surface area contributed by atoms with Gasteiger partial charge in [-0.25, -0.2) is 4.79 Å². The van der Waals surface area contributed by atoms with Gasteiger partial charge in [-0.2, -0.15) is 0 Å². The van der Waals surface area contributed by atoms with Crippen molar-refractivity contribution in [2.24, 2.45) is 5.92 Å². The van der Waals surface area contributed by atoms with Gasteiger partial charge in [0.05, 0.1) is 25.9 Å². The number of anilines is 1. The second kappa shape index (κ2) is 12.4. The third kappa shape index (κ3) is 8.16. The fraction of sp³-hybridized carbons (Fsp3) is 0.360. The number of benzene rings is 2. The molecule has 0 aliphatic rings. The van der Waals surface area contributed by atoms with E-state index in [0.717, 1.165) is 18.4 Å². The van der Waals surface area contributed by atoms with Crippen LogP contribution in [0.3, 0.4) is 0 Å². The molecule has 6 heteroatoms. The Bertz CT molecular complexity index is 905. The van der Waals surface area contributed by atoms with Crippen LogP contribution in [-0.2, 0) is 9.53 Å². The van der Waals surface area contributed by atoms with Crippen LogP contribution in [0, 0.1) is 5.92 Å². The summed E-state index contributed by atoms with van der Waals surface area (Å²) in [6.45, 7) is 7.21. The topological polar surface area (TPSA) is 73.9 Å². The predicted octanol–water partition coefficient (Wildman–Crippen LogP) is 5.34. The van der Waals surface area contributed by atoms with Gasteiger partial charge in [0.15, 0.2) is 11.5 Å². The van der Waals surface area contributed by atoms with Crippen LogP contribution in [0.2, 0.25) is 0 Å². The van der Waals surface area contributed by atoms with E-state index in [1.165, 1.54) is 6.08 Å². The first-order valence-corrected chi connectivity index (χ1v) is 10.5. The number of esters is 1. The van der Waals surface area contributed by atoms with Gasteiger partial charge in [0, 0.05) is 11.8 Å². The average molecular weight is 426 g/mol. The normalized spacial score (nSPS) is 10.9. The lowest BCUT2D eigenvalue weighted by Crippen LogP contribution is -2.10. The SMILES string of the molecule is CCCOC(=O)c1cccc(NC(=O)/C=C/c2ccc(OCCC(C)C)c(OC)c2)c1. The number of methoxy groups -OCH3 is 1. The Balaban J connectivity index is 1.99. The minimum absolute atomic E-state index is 0.310. The fourth-order valence-corrected chi connectivity index (χ4v) is 2.67. The highest BCUT2D eigenvalue weighted by Crippen LogP contribution is 2.29. The van der Waals surface area contributed by atoms with Gasteiger partial charge in [-0.3, -0.25) is 4.79 Å². The summed E-state index contributed by atoms with van der Waals surface area (Å²) in [7, 11) is 1.59. The van der Waals surface area contributed by atoms with Gasteiger partial charge in [0.25, 0.3) is 0 Å². The Morgan fingerprint density at radius 2 is 1.87 bits per heavy atom. The lowest BCUT2D eigenvalue weighted by molar-refractivity contribution is -0.111. The van der Waals surface area contributed by atoms with Crippen LogP contribution in [-0.4, -0.2) is 32.2 Å². The maximum Gasteiger partial charge on any atom is 0.338 e. The van der Waals surface area contributed by atoms with E-state index in [0.29, 0.717) is 41.9 Å². The largest absolute Gasteiger partial charge is 0.493 e. The molecular weight excluding hydrogens is 394 g/mol. The van der Waals surface area contributed by atoms with Crippen molar-refractivity contribution in [2.45, 2.75) is 33.6 Å². The molecule has 0 atom stereocenters. The summed E-state index contributed by atoms with van der Waals surface area (Å²) in [5.41, 5.74) is 1.72. The zero-order chi connectivity index (χ0) is 22.6. The third-order valence-corrected chi connectivity index (χ3v) is 4.37. The highest BCUT2D eigenvalue weighted by atomic mass is 16.5. The Morgan fingerprint density at radius 1 is 1.06 bits per heavy atom. The van der Waals surface area contributed by atoms with Crippen LogP contribution in [0.1, 0.15) is 49.5 Å². The van der Waals surface area contributed by atoms with Crippen molar-refractivity contribution in [3.05, 3.63) is 59.7 Å². The summed E-state index contributed by atoms with van der Waals surface area (Å²) >= 11 is 0. The summed E-state index contributed by atoms with van der Waals surface area (Å²) in [6, 6.07) is 12.2. The Kier molecular flexibility index (Phi) is 9.62. The smallest absolute Gasteiger partial charge is 0.338 e. The van der Waals surface area contributed by atoms with E-state index in [1.54, 1.807) is 37.5 Å². The van der Waals surface area contributed by atoms with E-state index in [-0.39, 0.29) is 5.91 Å². The highest BCUT2D eigenvalue weighted by molar-refractivity contribution is 6.02. The molecule has 2 aromatic carbocycles. The monoisotopic (exact) mass is 425 g/mol. The lowest BCUT2D eigenvalue weighted by Gasteiger charge is -2.12. The second-order valence-electron chi connectivity index (χ2n) is 7.48. The van der Waals surface area contributed by atoms with E-state index in [9.17, 15) is 9.59 Å². The molecular formula is C25H31NO5. The van der Waals surface area contributed by atoms with E-state index in [2.05, 4.69) is 19.2 Å². The van der Waals surface area contributed by atoms with Crippen LogP contribution in [0.25, 0.3) is 6.08 Å². The van der Waals surface area contributed by atoms with Crippen LogP contribution >= 0.6 is 0 Å². The summed E-state index contributed by atoms with van der Waals surface area (Å²) < 4.78 is 16.3. The van der Waals surface area contributed by atoms with Crippen LogP contribution in [0.15, 0.2) is 48.5 Å². The summed E-state index contributed by atoms with van der Waals surface area (Å²) in [4.78, 5) is 24.3. The molecule has 166 valence electrons. The van der Waals surface area contributed by atoms with Crippen molar-refractivity contribution < 1.29 is 23.8 Å². The molecule has 0 bridgehead atoms. The maximum atomic E-state index is 12.3. The van der Waals surface area contributed by atoms with Crippen molar-refractivity contribution in [2.75, 3.05) is 25.6 Å². The van der Waals surface area contributed by atoms with Gasteiger partial charge in [-0.15, -0.1) is 0 Å².